The summed E-state index contributed by atoms with van der Waals surface area (Å²) >= 11 is 0. The number of aromatic nitrogens is 3. The molecule has 5 aromatic rings. The number of imidazole rings is 1. The lowest BCUT2D eigenvalue weighted by atomic mass is 10.2. The van der Waals surface area contributed by atoms with Gasteiger partial charge >= 0.3 is 0 Å². The van der Waals surface area contributed by atoms with Gasteiger partial charge in [-0.2, -0.15) is 0 Å². The summed E-state index contributed by atoms with van der Waals surface area (Å²) < 4.78 is 2.13. The van der Waals surface area contributed by atoms with E-state index in [0.29, 0.717) is 6.54 Å². The molecule has 0 aliphatic rings. The number of aryl methyl sites for hydroxylation is 1. The van der Waals surface area contributed by atoms with Crippen LogP contribution in [-0.4, -0.2) is 14.4 Å². The molecular weight excluding hydrogens is 320 g/mol. The minimum Gasteiger partial charge on any atom is -0.351 e. The summed E-state index contributed by atoms with van der Waals surface area (Å²) in [5.41, 5.74) is 6.37. The third-order valence-electron chi connectivity index (χ3n) is 4.69. The molecular formula is C22H18N4. The van der Waals surface area contributed by atoms with Crippen molar-refractivity contribution < 1.29 is 0 Å². The summed E-state index contributed by atoms with van der Waals surface area (Å²) in [7, 11) is 0. The number of nitrogens with one attached hydrogen (secondary N) is 1. The molecule has 0 aliphatic heterocycles. The van der Waals surface area contributed by atoms with E-state index in [4.69, 9.17) is 9.97 Å². The van der Waals surface area contributed by atoms with Crippen LogP contribution in [0.25, 0.3) is 27.6 Å². The SMILES string of the molecule is Cc1ccc2nc3c4ccccc4nc(NCc4ccccc4)n3c2c1. The van der Waals surface area contributed by atoms with Gasteiger partial charge in [0.15, 0.2) is 0 Å². The monoisotopic (exact) mass is 338 g/mol. The van der Waals surface area contributed by atoms with Crippen LogP contribution in [0.2, 0.25) is 0 Å². The number of anilines is 1. The molecule has 0 saturated carbocycles. The van der Waals surface area contributed by atoms with Gasteiger partial charge in [-0.1, -0.05) is 48.5 Å². The van der Waals surface area contributed by atoms with Crippen LogP contribution < -0.4 is 5.32 Å². The topological polar surface area (TPSA) is 42.2 Å². The van der Waals surface area contributed by atoms with Crippen LogP contribution in [0.5, 0.6) is 0 Å². The van der Waals surface area contributed by atoms with Gasteiger partial charge in [-0.25, -0.2) is 9.97 Å². The highest BCUT2D eigenvalue weighted by atomic mass is 15.2. The molecule has 2 aromatic heterocycles. The van der Waals surface area contributed by atoms with Gasteiger partial charge in [0, 0.05) is 11.9 Å². The van der Waals surface area contributed by atoms with Gasteiger partial charge in [0.1, 0.15) is 5.65 Å². The highest BCUT2D eigenvalue weighted by Crippen LogP contribution is 2.27. The van der Waals surface area contributed by atoms with Crippen molar-refractivity contribution in [1.82, 2.24) is 14.4 Å². The normalized spacial score (nSPS) is 11.4. The highest BCUT2D eigenvalue weighted by molar-refractivity contribution is 5.97. The molecule has 0 fully saturated rings. The van der Waals surface area contributed by atoms with E-state index in [-0.39, 0.29) is 0 Å². The van der Waals surface area contributed by atoms with E-state index < -0.39 is 0 Å². The zero-order valence-corrected chi connectivity index (χ0v) is 14.5. The van der Waals surface area contributed by atoms with Gasteiger partial charge in [-0.15, -0.1) is 0 Å². The molecule has 0 bridgehead atoms. The number of benzene rings is 3. The molecule has 1 N–H and O–H groups in total. The second-order valence-electron chi connectivity index (χ2n) is 6.55. The Morgan fingerprint density at radius 2 is 1.65 bits per heavy atom. The van der Waals surface area contributed by atoms with E-state index in [0.717, 1.165) is 33.5 Å². The second kappa shape index (κ2) is 5.85. The number of fused-ring (bicyclic) bond motifs is 5. The van der Waals surface area contributed by atoms with Crippen molar-refractivity contribution in [2.24, 2.45) is 0 Å². The fourth-order valence-corrected chi connectivity index (χ4v) is 3.40. The fourth-order valence-electron chi connectivity index (χ4n) is 3.40. The zero-order chi connectivity index (χ0) is 17.5. The smallest absolute Gasteiger partial charge is 0.210 e. The molecule has 126 valence electrons. The predicted octanol–water partition coefficient (Wildman–Crippen LogP) is 4.96. The summed E-state index contributed by atoms with van der Waals surface area (Å²) in [4.78, 5) is 9.77. The van der Waals surface area contributed by atoms with Crippen molar-refractivity contribution in [2.45, 2.75) is 13.5 Å². The van der Waals surface area contributed by atoms with Crippen LogP contribution in [0, 0.1) is 6.92 Å². The first-order chi connectivity index (χ1) is 12.8. The Hall–Kier alpha value is -3.40. The quantitative estimate of drug-likeness (QED) is 0.506. The molecule has 4 heteroatoms. The lowest BCUT2D eigenvalue weighted by molar-refractivity contribution is 1.05. The van der Waals surface area contributed by atoms with Gasteiger partial charge in [-0.3, -0.25) is 4.40 Å². The van der Waals surface area contributed by atoms with Gasteiger partial charge in [0.2, 0.25) is 5.95 Å². The van der Waals surface area contributed by atoms with E-state index in [1.54, 1.807) is 0 Å². The zero-order valence-electron chi connectivity index (χ0n) is 14.5. The Bertz CT molecular complexity index is 1240. The number of hydrogen-bond acceptors (Lipinski definition) is 3. The first kappa shape index (κ1) is 14.9. The Labute approximate surface area is 151 Å². The van der Waals surface area contributed by atoms with E-state index >= 15 is 0 Å². The maximum absolute atomic E-state index is 4.88. The van der Waals surface area contributed by atoms with Crippen molar-refractivity contribution in [1.29, 1.82) is 0 Å². The van der Waals surface area contributed by atoms with E-state index in [1.165, 1.54) is 11.1 Å². The Kier molecular flexibility index (Phi) is 3.35. The van der Waals surface area contributed by atoms with Crippen molar-refractivity contribution in [3.05, 3.63) is 83.9 Å². The minimum absolute atomic E-state index is 0.715. The number of rotatable bonds is 3. The molecule has 5 rings (SSSR count). The summed E-state index contributed by atoms with van der Waals surface area (Å²) in [6, 6.07) is 24.9. The summed E-state index contributed by atoms with van der Waals surface area (Å²) in [6.45, 7) is 2.82. The van der Waals surface area contributed by atoms with Crippen LogP contribution >= 0.6 is 0 Å². The number of hydrogen-bond donors (Lipinski definition) is 1. The van der Waals surface area contributed by atoms with Crippen LogP contribution in [0.4, 0.5) is 5.95 Å². The van der Waals surface area contributed by atoms with Crippen LogP contribution in [0.3, 0.4) is 0 Å². The van der Waals surface area contributed by atoms with Gasteiger partial charge in [0.25, 0.3) is 0 Å². The fraction of sp³-hybridized carbons (Fsp3) is 0.0909. The summed E-state index contributed by atoms with van der Waals surface area (Å²) in [6.07, 6.45) is 0. The summed E-state index contributed by atoms with van der Waals surface area (Å²) in [5, 5.41) is 4.57. The number of para-hydroxylation sites is 1. The molecule has 0 amide bonds. The molecule has 26 heavy (non-hydrogen) atoms. The third-order valence-corrected chi connectivity index (χ3v) is 4.69. The molecule has 0 aliphatic carbocycles. The van der Waals surface area contributed by atoms with E-state index in [1.807, 2.05) is 24.3 Å². The average Bonchev–Trinajstić information content (AvgIpc) is 3.06. The maximum Gasteiger partial charge on any atom is 0.210 e. The molecule has 0 radical (unpaired) electrons. The molecule has 2 heterocycles. The average molecular weight is 338 g/mol. The standard InChI is InChI=1S/C22H18N4/c1-15-11-12-19-20(13-15)26-21(24-19)17-9-5-6-10-18(17)25-22(26)23-14-16-7-3-2-4-8-16/h2-13H,14H2,1H3,(H,23,25). The molecule has 0 saturated heterocycles. The van der Waals surface area contributed by atoms with Crippen LogP contribution in [0.15, 0.2) is 72.8 Å². The number of nitrogens with zero attached hydrogens (tertiary/aromatic N) is 3. The van der Waals surface area contributed by atoms with Crippen molar-refractivity contribution in [3.8, 4) is 0 Å². The highest BCUT2D eigenvalue weighted by Gasteiger charge is 2.13. The van der Waals surface area contributed by atoms with Gasteiger partial charge in [0.05, 0.1) is 16.6 Å². The van der Waals surface area contributed by atoms with Gasteiger partial charge < -0.3 is 5.32 Å². The van der Waals surface area contributed by atoms with Crippen molar-refractivity contribution in [3.63, 3.8) is 0 Å². The Morgan fingerprint density at radius 3 is 2.54 bits per heavy atom. The van der Waals surface area contributed by atoms with Crippen LogP contribution in [0.1, 0.15) is 11.1 Å². The predicted molar refractivity (Wildman–Crippen MR) is 107 cm³/mol. The molecule has 3 aromatic carbocycles. The first-order valence-corrected chi connectivity index (χ1v) is 8.75. The largest absolute Gasteiger partial charge is 0.351 e. The second-order valence-corrected chi connectivity index (χ2v) is 6.55. The maximum atomic E-state index is 4.88. The summed E-state index contributed by atoms with van der Waals surface area (Å²) in [5.74, 6) is 0.815. The Morgan fingerprint density at radius 1 is 0.846 bits per heavy atom. The molecule has 0 atom stereocenters. The lowest BCUT2D eigenvalue weighted by Crippen LogP contribution is -2.07. The van der Waals surface area contributed by atoms with Gasteiger partial charge in [-0.05, 0) is 42.3 Å². The van der Waals surface area contributed by atoms with E-state index in [2.05, 4.69) is 65.2 Å². The lowest BCUT2D eigenvalue weighted by Gasteiger charge is -2.11. The van der Waals surface area contributed by atoms with Crippen molar-refractivity contribution >= 4 is 33.5 Å². The first-order valence-electron chi connectivity index (χ1n) is 8.75. The van der Waals surface area contributed by atoms with Crippen molar-refractivity contribution in [2.75, 3.05) is 5.32 Å². The molecule has 4 nitrogen and oxygen atoms in total. The van der Waals surface area contributed by atoms with Crippen LogP contribution in [-0.2, 0) is 6.54 Å². The minimum atomic E-state index is 0.715. The molecule has 0 unspecified atom stereocenters. The molecule has 0 spiro atoms. The Balaban J connectivity index is 1.76. The van der Waals surface area contributed by atoms with E-state index in [9.17, 15) is 0 Å². The third kappa shape index (κ3) is 2.39.